The zero-order valence-electron chi connectivity index (χ0n) is 13.6. The molecule has 0 aliphatic heterocycles. The van der Waals surface area contributed by atoms with Gasteiger partial charge in [-0.1, -0.05) is 66.2 Å². The molecule has 0 rings (SSSR count). The van der Waals surface area contributed by atoms with Crippen molar-refractivity contribution in [3.8, 4) is 0 Å². The standard InChI is InChI=1S/C17H35O2/c1-5-9-11-16(7-3)13-18-15-19-14-17(8-4)12-10-6-2/h15-17H,5-14H2,1-4H3. The second-order valence-electron chi connectivity index (χ2n) is 5.60. The van der Waals surface area contributed by atoms with Crippen molar-refractivity contribution in [3.63, 3.8) is 0 Å². The molecule has 0 amide bonds. The van der Waals surface area contributed by atoms with E-state index in [4.69, 9.17) is 9.47 Å². The molecule has 0 aromatic carbocycles. The summed E-state index contributed by atoms with van der Waals surface area (Å²) in [6.07, 6.45) is 10.1. The van der Waals surface area contributed by atoms with Gasteiger partial charge in [0.05, 0.1) is 13.2 Å². The highest BCUT2D eigenvalue weighted by Gasteiger charge is 2.08. The van der Waals surface area contributed by atoms with Gasteiger partial charge in [-0.2, -0.15) is 0 Å². The van der Waals surface area contributed by atoms with Gasteiger partial charge >= 0.3 is 0 Å². The zero-order chi connectivity index (χ0) is 14.3. The SMILES string of the molecule is CCCCC(CC)CO[CH]OCC(CC)CCCC. The van der Waals surface area contributed by atoms with Crippen LogP contribution in [0.3, 0.4) is 0 Å². The first-order valence-corrected chi connectivity index (χ1v) is 8.33. The van der Waals surface area contributed by atoms with Crippen molar-refractivity contribution < 1.29 is 9.47 Å². The van der Waals surface area contributed by atoms with Gasteiger partial charge in [0.15, 0.2) is 0 Å². The summed E-state index contributed by atoms with van der Waals surface area (Å²) >= 11 is 0. The Morgan fingerprint density at radius 2 is 1.16 bits per heavy atom. The van der Waals surface area contributed by atoms with Crippen LogP contribution in [0.5, 0.6) is 0 Å². The Morgan fingerprint density at radius 1 is 0.737 bits per heavy atom. The normalized spacial score (nSPS) is 14.5. The highest BCUT2D eigenvalue weighted by molar-refractivity contribution is 4.58. The van der Waals surface area contributed by atoms with Crippen LogP contribution < -0.4 is 0 Å². The predicted octanol–water partition coefficient (Wildman–Crippen LogP) is 5.57. The minimum atomic E-state index is 0.682. The molecule has 1 radical (unpaired) electrons. The van der Waals surface area contributed by atoms with E-state index in [0.717, 1.165) is 13.2 Å². The molecule has 0 saturated heterocycles. The van der Waals surface area contributed by atoms with Crippen molar-refractivity contribution in [2.24, 2.45) is 11.8 Å². The molecule has 0 aromatic rings. The lowest BCUT2D eigenvalue weighted by molar-refractivity contribution is -0.00870. The lowest BCUT2D eigenvalue weighted by Gasteiger charge is -2.16. The van der Waals surface area contributed by atoms with E-state index >= 15 is 0 Å². The molecule has 0 N–H and O–H groups in total. The molecular weight excluding hydrogens is 236 g/mol. The third-order valence-corrected chi connectivity index (χ3v) is 3.89. The van der Waals surface area contributed by atoms with Crippen molar-refractivity contribution in [1.29, 1.82) is 0 Å². The molecule has 0 fully saturated rings. The molecule has 2 atom stereocenters. The number of hydrogen-bond donors (Lipinski definition) is 0. The Bertz CT molecular complexity index is 153. The first kappa shape index (κ1) is 18.9. The van der Waals surface area contributed by atoms with E-state index in [-0.39, 0.29) is 0 Å². The zero-order valence-corrected chi connectivity index (χ0v) is 13.6. The van der Waals surface area contributed by atoms with E-state index in [9.17, 15) is 0 Å². The van der Waals surface area contributed by atoms with Crippen molar-refractivity contribution in [2.75, 3.05) is 13.2 Å². The third-order valence-electron chi connectivity index (χ3n) is 3.89. The van der Waals surface area contributed by atoms with Gasteiger partial charge in [0.25, 0.3) is 0 Å². The van der Waals surface area contributed by atoms with Crippen LogP contribution in [0.2, 0.25) is 0 Å². The van der Waals surface area contributed by atoms with Crippen molar-refractivity contribution >= 4 is 0 Å². The average molecular weight is 271 g/mol. The van der Waals surface area contributed by atoms with Gasteiger partial charge < -0.3 is 9.47 Å². The van der Waals surface area contributed by atoms with Gasteiger partial charge in [-0.05, 0) is 24.7 Å². The molecule has 0 heterocycles. The summed E-state index contributed by atoms with van der Waals surface area (Å²) in [5.74, 6) is 1.36. The van der Waals surface area contributed by atoms with E-state index in [1.165, 1.54) is 51.4 Å². The summed E-state index contributed by atoms with van der Waals surface area (Å²) in [5.41, 5.74) is 0. The van der Waals surface area contributed by atoms with Crippen LogP contribution in [0, 0.1) is 18.6 Å². The fourth-order valence-electron chi connectivity index (χ4n) is 2.20. The quantitative estimate of drug-likeness (QED) is 0.384. The summed E-state index contributed by atoms with van der Waals surface area (Å²) in [5, 5.41) is 0. The molecule has 0 bridgehead atoms. The topological polar surface area (TPSA) is 18.5 Å². The third kappa shape index (κ3) is 11.4. The van der Waals surface area contributed by atoms with Crippen LogP contribution in [0.1, 0.15) is 79.1 Å². The van der Waals surface area contributed by atoms with Gasteiger partial charge in [-0.3, -0.25) is 0 Å². The number of hydrogen-bond acceptors (Lipinski definition) is 2. The van der Waals surface area contributed by atoms with Gasteiger partial charge in [-0.15, -0.1) is 0 Å². The number of ether oxygens (including phenoxy) is 2. The maximum Gasteiger partial charge on any atom is 0.209 e. The van der Waals surface area contributed by atoms with Crippen LogP contribution in [0.25, 0.3) is 0 Å². The van der Waals surface area contributed by atoms with E-state index in [0.29, 0.717) is 11.8 Å². The van der Waals surface area contributed by atoms with Crippen LogP contribution in [0.15, 0.2) is 0 Å². The van der Waals surface area contributed by atoms with Crippen molar-refractivity contribution in [2.45, 2.75) is 79.1 Å². The average Bonchev–Trinajstić information content (AvgIpc) is 2.45. The fourth-order valence-corrected chi connectivity index (χ4v) is 2.20. The summed E-state index contributed by atoms with van der Waals surface area (Å²) < 4.78 is 11.1. The predicted molar refractivity (Wildman–Crippen MR) is 82.8 cm³/mol. The molecule has 0 aliphatic carbocycles. The van der Waals surface area contributed by atoms with Crippen LogP contribution in [-0.2, 0) is 9.47 Å². The molecule has 2 heteroatoms. The molecule has 0 spiro atoms. The monoisotopic (exact) mass is 271 g/mol. The second-order valence-corrected chi connectivity index (χ2v) is 5.60. The highest BCUT2D eigenvalue weighted by atomic mass is 16.7. The number of rotatable bonds is 14. The molecule has 0 aliphatic rings. The van der Waals surface area contributed by atoms with Crippen LogP contribution in [0.4, 0.5) is 0 Å². The Morgan fingerprint density at radius 3 is 1.47 bits per heavy atom. The molecule has 2 nitrogen and oxygen atoms in total. The Balaban J connectivity index is 3.50. The Kier molecular flexibility index (Phi) is 14.3. The van der Waals surface area contributed by atoms with E-state index in [2.05, 4.69) is 27.7 Å². The van der Waals surface area contributed by atoms with Gasteiger partial charge in [0.1, 0.15) is 0 Å². The van der Waals surface area contributed by atoms with Crippen LogP contribution >= 0.6 is 0 Å². The molecule has 19 heavy (non-hydrogen) atoms. The van der Waals surface area contributed by atoms with E-state index in [1.807, 2.05) is 0 Å². The Labute approximate surface area is 121 Å². The molecule has 0 aromatic heterocycles. The number of unbranched alkanes of at least 4 members (excludes halogenated alkanes) is 2. The first-order chi connectivity index (χ1) is 9.28. The molecule has 2 unspecified atom stereocenters. The maximum absolute atomic E-state index is 5.54. The summed E-state index contributed by atoms with van der Waals surface area (Å²) in [7, 11) is 0. The highest BCUT2D eigenvalue weighted by Crippen LogP contribution is 2.15. The van der Waals surface area contributed by atoms with Gasteiger partial charge in [0, 0.05) is 0 Å². The summed E-state index contributed by atoms with van der Waals surface area (Å²) in [6.45, 7) is 12.1. The minimum absolute atomic E-state index is 0.682. The minimum Gasteiger partial charge on any atom is -0.348 e. The molecule has 0 saturated carbocycles. The summed E-state index contributed by atoms with van der Waals surface area (Å²) in [6, 6.07) is 0. The van der Waals surface area contributed by atoms with E-state index < -0.39 is 0 Å². The van der Waals surface area contributed by atoms with Gasteiger partial charge in [-0.25, -0.2) is 0 Å². The fraction of sp³-hybridized carbons (Fsp3) is 0.941. The van der Waals surface area contributed by atoms with Crippen molar-refractivity contribution in [3.05, 3.63) is 6.79 Å². The Hall–Kier alpha value is -0.0800. The van der Waals surface area contributed by atoms with Gasteiger partial charge in [0.2, 0.25) is 6.79 Å². The lowest BCUT2D eigenvalue weighted by atomic mass is 10.0. The molecule has 115 valence electrons. The van der Waals surface area contributed by atoms with E-state index in [1.54, 1.807) is 6.79 Å². The summed E-state index contributed by atoms with van der Waals surface area (Å²) in [4.78, 5) is 0. The largest absolute Gasteiger partial charge is 0.348 e. The molecular formula is C17H35O2. The second kappa shape index (κ2) is 14.3. The van der Waals surface area contributed by atoms with Crippen LogP contribution in [-0.4, -0.2) is 13.2 Å². The smallest absolute Gasteiger partial charge is 0.209 e. The maximum atomic E-state index is 5.54. The first-order valence-electron chi connectivity index (χ1n) is 8.33. The van der Waals surface area contributed by atoms with Crippen molar-refractivity contribution in [1.82, 2.24) is 0 Å². The lowest BCUT2D eigenvalue weighted by Crippen LogP contribution is -2.11.